The zero-order chi connectivity index (χ0) is 22.6. The third kappa shape index (κ3) is 3.07. The smallest absolute Gasteiger partial charge is 0.312 e. The Bertz CT molecular complexity index is 912. The van der Waals surface area contributed by atoms with Crippen molar-refractivity contribution in [3.63, 3.8) is 0 Å². The number of hydrogen-bond acceptors (Lipinski definition) is 6. The summed E-state index contributed by atoms with van der Waals surface area (Å²) in [4.78, 5) is 41.3. The van der Waals surface area contributed by atoms with E-state index in [1.165, 1.54) is 4.90 Å². The summed E-state index contributed by atoms with van der Waals surface area (Å²) in [5.41, 5.74) is 0.556. The minimum Gasteiger partial charge on any atom is -0.466 e. The summed E-state index contributed by atoms with van der Waals surface area (Å²) in [7, 11) is 0. The summed E-state index contributed by atoms with van der Waals surface area (Å²) in [6.07, 6.45) is 1.04. The number of nitrogens with one attached hydrogen (secondary N) is 1. The average Bonchev–Trinajstić information content (AvgIpc) is 3.27. The number of fused-ring (bicyclic) bond motifs is 1. The molecule has 0 aliphatic carbocycles. The molecule has 8 heteroatoms. The molecule has 0 aromatic heterocycles. The first-order chi connectivity index (χ1) is 14.7. The number of β-amino-alcohol motifs (C(OH)–C–C–N with tert-alkyl or cyclic N) is 1. The monoisotopic (exact) mass is 430 g/mol. The summed E-state index contributed by atoms with van der Waals surface area (Å²) < 4.78 is 11.7. The number of carbonyl (C=O) groups is 3. The second-order valence-corrected chi connectivity index (χ2v) is 8.99. The zero-order valence-electron chi connectivity index (χ0n) is 18.4. The fourth-order valence-electron chi connectivity index (χ4n) is 5.87. The Kier molecular flexibility index (Phi) is 5.34. The van der Waals surface area contributed by atoms with Crippen LogP contribution < -0.4 is 5.32 Å². The number of aliphatic hydroxyl groups excluding tert-OH is 1. The number of para-hydroxylation sites is 1. The van der Waals surface area contributed by atoms with E-state index in [0.29, 0.717) is 18.5 Å². The molecule has 1 aromatic rings. The Morgan fingerprint density at radius 1 is 1.29 bits per heavy atom. The van der Waals surface area contributed by atoms with Crippen molar-refractivity contribution in [2.75, 3.05) is 25.1 Å². The molecule has 2 amide bonds. The number of aliphatic hydroxyl groups is 1. The Morgan fingerprint density at radius 2 is 1.97 bits per heavy atom. The second-order valence-electron chi connectivity index (χ2n) is 8.99. The van der Waals surface area contributed by atoms with Crippen molar-refractivity contribution in [2.24, 2.45) is 11.8 Å². The summed E-state index contributed by atoms with van der Waals surface area (Å²) >= 11 is 0. The lowest BCUT2D eigenvalue weighted by Crippen LogP contribution is -2.53. The van der Waals surface area contributed by atoms with E-state index in [0.717, 1.165) is 11.1 Å². The first-order valence-electron chi connectivity index (χ1n) is 10.9. The van der Waals surface area contributed by atoms with Gasteiger partial charge < -0.3 is 24.8 Å². The largest absolute Gasteiger partial charge is 0.466 e. The predicted molar refractivity (Wildman–Crippen MR) is 112 cm³/mol. The van der Waals surface area contributed by atoms with Gasteiger partial charge in [-0.1, -0.05) is 18.2 Å². The van der Waals surface area contributed by atoms with Crippen LogP contribution in [0.3, 0.4) is 0 Å². The molecule has 3 aliphatic rings. The minimum absolute atomic E-state index is 0.00244. The molecular weight excluding hydrogens is 400 g/mol. The van der Waals surface area contributed by atoms with Crippen LogP contribution in [-0.2, 0) is 23.9 Å². The van der Waals surface area contributed by atoms with Gasteiger partial charge >= 0.3 is 5.97 Å². The maximum Gasteiger partial charge on any atom is 0.312 e. The Morgan fingerprint density at radius 3 is 2.58 bits per heavy atom. The fraction of sp³-hybridized carbons (Fsp3) is 0.609. The van der Waals surface area contributed by atoms with Gasteiger partial charge in [-0.15, -0.1) is 0 Å². The number of anilines is 1. The van der Waals surface area contributed by atoms with Crippen LogP contribution in [0.4, 0.5) is 5.69 Å². The van der Waals surface area contributed by atoms with Gasteiger partial charge in [0.15, 0.2) is 0 Å². The molecule has 4 rings (SSSR count). The van der Waals surface area contributed by atoms with Gasteiger partial charge in [-0.25, -0.2) is 0 Å². The maximum absolute atomic E-state index is 13.6. The molecular formula is C23H30N2O6. The lowest BCUT2D eigenvalue weighted by molar-refractivity contribution is -0.159. The summed E-state index contributed by atoms with van der Waals surface area (Å²) in [5, 5.41) is 12.6. The third-order valence-electron chi connectivity index (χ3n) is 7.14. The zero-order valence-corrected chi connectivity index (χ0v) is 18.4. The molecule has 2 bridgehead atoms. The molecule has 3 heterocycles. The molecule has 0 saturated carbocycles. The van der Waals surface area contributed by atoms with E-state index in [1.54, 1.807) is 6.92 Å². The number of nitrogens with zero attached hydrogens (tertiary/aromatic N) is 1. The molecule has 3 saturated heterocycles. The van der Waals surface area contributed by atoms with Gasteiger partial charge in [0.25, 0.3) is 0 Å². The van der Waals surface area contributed by atoms with Crippen molar-refractivity contribution >= 4 is 23.5 Å². The maximum atomic E-state index is 13.6. The Balaban J connectivity index is 1.74. The van der Waals surface area contributed by atoms with Crippen LogP contribution >= 0.6 is 0 Å². The second kappa shape index (κ2) is 7.60. The number of aryl methyl sites for hydroxylation is 2. The number of benzene rings is 1. The van der Waals surface area contributed by atoms with Crippen molar-refractivity contribution < 1.29 is 29.0 Å². The number of rotatable bonds is 6. The van der Waals surface area contributed by atoms with E-state index in [9.17, 15) is 19.5 Å². The molecule has 1 aromatic carbocycles. The molecule has 1 spiro atoms. The highest BCUT2D eigenvalue weighted by Gasteiger charge is 2.78. The molecule has 5 atom stereocenters. The van der Waals surface area contributed by atoms with Crippen molar-refractivity contribution in [1.29, 1.82) is 0 Å². The average molecular weight is 431 g/mol. The third-order valence-corrected chi connectivity index (χ3v) is 7.14. The van der Waals surface area contributed by atoms with E-state index in [-0.39, 0.29) is 31.6 Å². The van der Waals surface area contributed by atoms with E-state index in [1.807, 2.05) is 39.0 Å². The number of esters is 1. The SMILES string of the molecule is CCOC(=O)[C@@H]1[C@H]2C(=O)N(CCO)C(C(=O)Nc3c(C)cccc3C)C23CC[C@@]1(C)O3. The van der Waals surface area contributed by atoms with E-state index < -0.39 is 35.0 Å². The van der Waals surface area contributed by atoms with Crippen LogP contribution in [0.5, 0.6) is 0 Å². The lowest BCUT2D eigenvalue weighted by atomic mass is 9.66. The molecule has 3 aliphatic heterocycles. The molecule has 168 valence electrons. The number of hydrogen-bond donors (Lipinski definition) is 2. The topological polar surface area (TPSA) is 105 Å². The number of carbonyl (C=O) groups excluding carboxylic acids is 3. The summed E-state index contributed by atoms with van der Waals surface area (Å²) in [5.74, 6) is -2.74. The van der Waals surface area contributed by atoms with Crippen LogP contribution in [0, 0.1) is 25.7 Å². The first-order valence-corrected chi connectivity index (χ1v) is 10.9. The Labute approximate surface area is 181 Å². The molecule has 8 nitrogen and oxygen atoms in total. The highest BCUT2D eigenvalue weighted by Crippen LogP contribution is 2.63. The fourth-order valence-corrected chi connectivity index (χ4v) is 5.87. The van der Waals surface area contributed by atoms with Crippen molar-refractivity contribution in [3.05, 3.63) is 29.3 Å². The standard InChI is InChI=1S/C23H30N2O6/c1-5-30-21(29)16-15-20(28)25(11-12-26)18(23(15)10-9-22(16,4)31-23)19(27)24-17-13(2)7-6-8-14(17)3/h6-8,15-16,18,26H,5,9-12H2,1-4H3,(H,24,27)/t15-,16-,18?,22+,23?/m0/s1. The molecule has 31 heavy (non-hydrogen) atoms. The molecule has 3 fully saturated rings. The van der Waals surface area contributed by atoms with Gasteiger partial charge in [0.1, 0.15) is 17.6 Å². The lowest BCUT2D eigenvalue weighted by Gasteiger charge is -2.33. The highest BCUT2D eigenvalue weighted by atomic mass is 16.6. The van der Waals surface area contributed by atoms with Gasteiger partial charge in [-0.05, 0) is 51.7 Å². The van der Waals surface area contributed by atoms with Crippen LogP contribution in [0.25, 0.3) is 0 Å². The van der Waals surface area contributed by atoms with E-state index in [2.05, 4.69) is 5.32 Å². The van der Waals surface area contributed by atoms with Crippen LogP contribution in [-0.4, -0.2) is 64.8 Å². The summed E-state index contributed by atoms with van der Waals surface area (Å²) in [6.45, 7) is 7.27. The molecule has 0 radical (unpaired) electrons. The Hall–Kier alpha value is -2.45. The van der Waals surface area contributed by atoms with Crippen molar-refractivity contribution in [1.82, 2.24) is 4.90 Å². The molecule has 2 N–H and O–H groups in total. The van der Waals surface area contributed by atoms with Gasteiger partial charge in [0.2, 0.25) is 11.8 Å². The normalized spacial score (nSPS) is 33.5. The van der Waals surface area contributed by atoms with Gasteiger partial charge in [0.05, 0.1) is 24.7 Å². The first kappa shape index (κ1) is 21.8. The molecule has 2 unspecified atom stereocenters. The van der Waals surface area contributed by atoms with Crippen LogP contribution in [0.1, 0.15) is 37.8 Å². The van der Waals surface area contributed by atoms with Gasteiger partial charge in [-0.3, -0.25) is 14.4 Å². The number of ether oxygens (including phenoxy) is 2. The van der Waals surface area contributed by atoms with Gasteiger partial charge in [-0.2, -0.15) is 0 Å². The van der Waals surface area contributed by atoms with E-state index >= 15 is 0 Å². The van der Waals surface area contributed by atoms with E-state index in [4.69, 9.17) is 9.47 Å². The van der Waals surface area contributed by atoms with Gasteiger partial charge in [0, 0.05) is 12.2 Å². The van der Waals surface area contributed by atoms with Crippen LogP contribution in [0.15, 0.2) is 18.2 Å². The van der Waals surface area contributed by atoms with Crippen molar-refractivity contribution in [2.45, 2.75) is 57.8 Å². The number of amides is 2. The number of likely N-dealkylation sites (tertiary alicyclic amines) is 1. The minimum atomic E-state index is -1.11. The summed E-state index contributed by atoms with van der Waals surface area (Å²) in [6, 6.07) is 4.80. The van der Waals surface area contributed by atoms with Crippen molar-refractivity contribution in [3.8, 4) is 0 Å². The highest BCUT2D eigenvalue weighted by molar-refractivity contribution is 6.04. The van der Waals surface area contributed by atoms with Crippen LogP contribution in [0.2, 0.25) is 0 Å². The quantitative estimate of drug-likeness (QED) is 0.664. The predicted octanol–water partition coefficient (Wildman–Crippen LogP) is 1.56.